The van der Waals surface area contributed by atoms with Gasteiger partial charge in [0.2, 0.25) is 0 Å². The number of allylic oxidation sites excluding steroid dienone is 2. The van der Waals surface area contributed by atoms with E-state index >= 15 is 4.39 Å². The Kier molecular flexibility index (Phi) is 5.76. The van der Waals surface area contributed by atoms with Crippen molar-refractivity contribution in [3.05, 3.63) is 100 Å². The van der Waals surface area contributed by atoms with Crippen molar-refractivity contribution in [2.45, 2.75) is 39.0 Å². The second kappa shape index (κ2) is 8.47. The molecule has 154 valence electrons. The van der Waals surface area contributed by atoms with Gasteiger partial charge in [-0.2, -0.15) is 0 Å². The van der Waals surface area contributed by atoms with Gasteiger partial charge in [-0.05, 0) is 77.3 Å². The zero-order valence-corrected chi connectivity index (χ0v) is 16.7. The summed E-state index contributed by atoms with van der Waals surface area (Å²) in [6.07, 6.45) is 6.05. The molecule has 0 atom stereocenters. The van der Waals surface area contributed by atoms with Crippen LogP contribution in [0.15, 0.2) is 54.6 Å². The molecule has 3 aromatic carbocycles. The zero-order chi connectivity index (χ0) is 21.3. The van der Waals surface area contributed by atoms with E-state index in [2.05, 4.69) is 31.2 Å². The molecule has 0 aromatic heterocycles. The Morgan fingerprint density at radius 2 is 1.53 bits per heavy atom. The Morgan fingerprint density at radius 3 is 2.23 bits per heavy atom. The van der Waals surface area contributed by atoms with Crippen LogP contribution in [0.25, 0.3) is 16.7 Å². The lowest BCUT2D eigenvalue weighted by Gasteiger charge is -2.20. The van der Waals surface area contributed by atoms with Gasteiger partial charge in [0.1, 0.15) is 11.6 Å². The van der Waals surface area contributed by atoms with E-state index in [1.807, 2.05) is 6.08 Å². The minimum atomic E-state index is -1.13. The zero-order valence-electron chi connectivity index (χ0n) is 16.7. The molecule has 0 saturated carbocycles. The third-order valence-electron chi connectivity index (χ3n) is 5.70. The second-order valence-corrected chi connectivity index (χ2v) is 7.72. The van der Waals surface area contributed by atoms with Crippen molar-refractivity contribution in [1.82, 2.24) is 0 Å². The molecule has 0 heterocycles. The monoisotopic (exact) mass is 410 g/mol. The average molecular weight is 410 g/mol. The second-order valence-electron chi connectivity index (χ2n) is 7.72. The molecule has 4 rings (SSSR count). The average Bonchev–Trinajstić information content (AvgIpc) is 2.74. The van der Waals surface area contributed by atoms with E-state index in [-0.39, 0.29) is 11.1 Å². The van der Waals surface area contributed by atoms with Gasteiger partial charge in [-0.1, -0.05) is 49.8 Å². The minimum Gasteiger partial charge on any atom is -0.206 e. The molecule has 0 saturated heterocycles. The van der Waals surface area contributed by atoms with Crippen molar-refractivity contribution in [2.75, 3.05) is 0 Å². The highest BCUT2D eigenvalue weighted by molar-refractivity contribution is 5.73. The van der Waals surface area contributed by atoms with Crippen molar-refractivity contribution in [2.24, 2.45) is 0 Å². The molecule has 0 aliphatic heterocycles. The highest BCUT2D eigenvalue weighted by Gasteiger charge is 2.23. The number of rotatable bonds is 5. The fraction of sp³-hybridized carbons (Fsp3) is 0.231. The number of fused-ring (bicyclic) bond motifs is 1. The summed E-state index contributed by atoms with van der Waals surface area (Å²) in [7, 11) is 0. The predicted octanol–water partition coefficient (Wildman–Crippen LogP) is 7.43. The topological polar surface area (TPSA) is 0 Å². The van der Waals surface area contributed by atoms with Crippen molar-refractivity contribution in [3.63, 3.8) is 0 Å². The molecule has 4 heteroatoms. The maximum atomic E-state index is 15.1. The van der Waals surface area contributed by atoms with Gasteiger partial charge in [0.05, 0.1) is 5.56 Å². The Morgan fingerprint density at radius 1 is 0.800 bits per heavy atom. The van der Waals surface area contributed by atoms with Gasteiger partial charge >= 0.3 is 0 Å². The first kappa shape index (κ1) is 20.4. The Balaban J connectivity index is 1.64. The SMILES string of the molecule is CCCCc1ccc(C2=CCc3c(cc(F)c(-c4ccc(F)c(F)c4)c3F)C2)cc1. The van der Waals surface area contributed by atoms with Gasteiger partial charge in [-0.25, -0.2) is 17.6 Å². The summed E-state index contributed by atoms with van der Waals surface area (Å²) in [6.45, 7) is 2.16. The fourth-order valence-corrected chi connectivity index (χ4v) is 3.99. The van der Waals surface area contributed by atoms with E-state index in [1.165, 1.54) is 17.7 Å². The molecule has 0 radical (unpaired) electrons. The van der Waals surface area contributed by atoms with Gasteiger partial charge in [0.15, 0.2) is 11.6 Å². The van der Waals surface area contributed by atoms with Gasteiger partial charge in [0, 0.05) is 0 Å². The van der Waals surface area contributed by atoms with Gasteiger partial charge in [0.25, 0.3) is 0 Å². The molecule has 30 heavy (non-hydrogen) atoms. The van der Waals surface area contributed by atoms with Crippen LogP contribution in [0.5, 0.6) is 0 Å². The van der Waals surface area contributed by atoms with E-state index in [1.54, 1.807) is 0 Å². The molecule has 0 spiro atoms. The Labute approximate surface area is 173 Å². The van der Waals surface area contributed by atoms with Crippen LogP contribution in [0, 0.1) is 23.3 Å². The van der Waals surface area contributed by atoms with Crippen LogP contribution in [-0.4, -0.2) is 0 Å². The highest BCUT2D eigenvalue weighted by Crippen LogP contribution is 2.36. The highest BCUT2D eigenvalue weighted by atomic mass is 19.2. The van der Waals surface area contributed by atoms with Crippen molar-refractivity contribution >= 4 is 5.57 Å². The standard InChI is InChI=1S/C26H22F4/c1-2-3-4-16-5-7-17(8-6-16)18-9-11-21-20(13-18)15-24(29)25(26(21)30)19-10-12-22(27)23(28)14-19/h5-10,12,14-15H,2-4,11,13H2,1H3. The molecule has 0 nitrogen and oxygen atoms in total. The largest absolute Gasteiger partial charge is 0.206 e. The summed E-state index contributed by atoms with van der Waals surface area (Å²) in [5, 5.41) is 0. The quantitative estimate of drug-likeness (QED) is 0.384. The molecular weight excluding hydrogens is 388 g/mol. The van der Waals surface area contributed by atoms with Crippen LogP contribution in [0.4, 0.5) is 17.6 Å². The lowest BCUT2D eigenvalue weighted by Crippen LogP contribution is -2.08. The van der Waals surface area contributed by atoms with Crippen LogP contribution in [-0.2, 0) is 19.3 Å². The van der Waals surface area contributed by atoms with Crippen molar-refractivity contribution in [3.8, 4) is 11.1 Å². The van der Waals surface area contributed by atoms with Gasteiger partial charge in [-0.3, -0.25) is 0 Å². The summed E-state index contributed by atoms with van der Waals surface area (Å²) in [6, 6.07) is 12.5. The minimum absolute atomic E-state index is 0.0101. The van der Waals surface area contributed by atoms with Gasteiger partial charge in [-0.15, -0.1) is 0 Å². The van der Waals surface area contributed by atoms with Crippen molar-refractivity contribution < 1.29 is 17.6 Å². The van der Waals surface area contributed by atoms with E-state index in [4.69, 9.17) is 0 Å². The number of aryl methyl sites for hydroxylation is 1. The molecule has 0 amide bonds. The first-order chi connectivity index (χ1) is 14.5. The molecule has 0 N–H and O–H groups in total. The normalized spacial score (nSPS) is 13.2. The van der Waals surface area contributed by atoms with Crippen LogP contribution in [0.1, 0.15) is 42.0 Å². The summed E-state index contributed by atoms with van der Waals surface area (Å²) >= 11 is 0. The number of unbranched alkanes of at least 4 members (excludes halogenated alkanes) is 1. The van der Waals surface area contributed by atoms with Crippen LogP contribution >= 0.6 is 0 Å². The lowest BCUT2D eigenvalue weighted by atomic mass is 9.85. The molecule has 1 aliphatic rings. The summed E-state index contributed by atoms with van der Waals surface area (Å²) in [4.78, 5) is 0. The third kappa shape index (κ3) is 3.91. The van der Waals surface area contributed by atoms with Crippen LogP contribution in [0.2, 0.25) is 0 Å². The maximum absolute atomic E-state index is 15.1. The lowest BCUT2D eigenvalue weighted by molar-refractivity contribution is 0.508. The predicted molar refractivity (Wildman–Crippen MR) is 112 cm³/mol. The summed E-state index contributed by atoms with van der Waals surface area (Å²) < 4.78 is 56.7. The number of hydrogen-bond donors (Lipinski definition) is 0. The van der Waals surface area contributed by atoms with E-state index < -0.39 is 23.3 Å². The van der Waals surface area contributed by atoms with Crippen LogP contribution < -0.4 is 0 Å². The number of hydrogen-bond acceptors (Lipinski definition) is 0. The maximum Gasteiger partial charge on any atom is 0.159 e. The Hall–Kier alpha value is -2.88. The van der Waals surface area contributed by atoms with E-state index in [0.29, 0.717) is 24.0 Å². The molecule has 0 unspecified atom stereocenters. The molecule has 0 bridgehead atoms. The van der Waals surface area contributed by atoms with Crippen molar-refractivity contribution in [1.29, 1.82) is 0 Å². The molecule has 1 aliphatic carbocycles. The Bertz CT molecular complexity index is 1110. The summed E-state index contributed by atoms with van der Waals surface area (Å²) in [5.41, 5.74) is 4.03. The van der Waals surface area contributed by atoms with Gasteiger partial charge < -0.3 is 0 Å². The molecule has 0 fully saturated rings. The van der Waals surface area contributed by atoms with E-state index in [9.17, 15) is 13.2 Å². The van der Waals surface area contributed by atoms with Crippen LogP contribution in [0.3, 0.4) is 0 Å². The fourth-order valence-electron chi connectivity index (χ4n) is 3.99. The first-order valence-electron chi connectivity index (χ1n) is 10.2. The first-order valence-corrected chi connectivity index (χ1v) is 10.2. The number of benzene rings is 3. The summed E-state index contributed by atoms with van der Waals surface area (Å²) in [5.74, 6) is -3.66. The smallest absolute Gasteiger partial charge is 0.159 e. The number of halogens is 4. The molecule has 3 aromatic rings. The molecular formula is C26H22F4. The van der Waals surface area contributed by atoms with E-state index in [0.717, 1.165) is 42.5 Å². The third-order valence-corrected chi connectivity index (χ3v) is 5.70.